The van der Waals surface area contributed by atoms with Crippen molar-refractivity contribution < 1.29 is 4.74 Å². The predicted octanol–water partition coefficient (Wildman–Crippen LogP) is 3.11. The lowest BCUT2D eigenvalue weighted by molar-refractivity contribution is -0.107. The van der Waals surface area contributed by atoms with Crippen molar-refractivity contribution in [2.75, 3.05) is 13.2 Å². The molecule has 3 unspecified atom stereocenters. The minimum Gasteiger partial charge on any atom is -0.372 e. The van der Waals surface area contributed by atoms with E-state index in [1.165, 1.54) is 44.9 Å². The highest BCUT2D eigenvalue weighted by Gasteiger charge is 2.41. The van der Waals surface area contributed by atoms with Crippen LogP contribution in [0.3, 0.4) is 0 Å². The van der Waals surface area contributed by atoms with E-state index in [1.54, 1.807) is 0 Å². The molecule has 0 radical (unpaired) electrons. The molecule has 1 saturated heterocycles. The molecule has 1 saturated carbocycles. The molecule has 94 valence electrons. The van der Waals surface area contributed by atoms with Crippen LogP contribution in [0, 0.1) is 5.92 Å². The van der Waals surface area contributed by atoms with Crippen molar-refractivity contribution in [1.29, 1.82) is 0 Å². The van der Waals surface area contributed by atoms with E-state index >= 15 is 0 Å². The molecule has 0 aromatic rings. The van der Waals surface area contributed by atoms with Gasteiger partial charge in [0.25, 0.3) is 0 Å². The first-order valence-corrected chi connectivity index (χ1v) is 7.18. The first kappa shape index (κ1) is 12.4. The predicted molar refractivity (Wildman–Crippen MR) is 67.6 cm³/mol. The van der Waals surface area contributed by atoms with Crippen LogP contribution in [-0.2, 0) is 4.74 Å². The molecule has 1 heterocycles. The van der Waals surface area contributed by atoms with E-state index < -0.39 is 0 Å². The number of morpholine rings is 1. The highest BCUT2D eigenvalue weighted by atomic mass is 16.5. The molecule has 1 N–H and O–H groups in total. The van der Waals surface area contributed by atoms with Crippen LogP contribution in [0.1, 0.15) is 58.8 Å². The van der Waals surface area contributed by atoms with Crippen LogP contribution in [0.15, 0.2) is 0 Å². The summed E-state index contributed by atoms with van der Waals surface area (Å²) in [6.07, 6.45) is 9.24. The summed E-state index contributed by atoms with van der Waals surface area (Å²) < 4.78 is 6.22. The van der Waals surface area contributed by atoms with E-state index in [1.807, 2.05) is 0 Å². The molecule has 0 bridgehead atoms. The normalized spacial score (nSPS) is 40.9. The third kappa shape index (κ3) is 2.43. The van der Waals surface area contributed by atoms with Gasteiger partial charge >= 0.3 is 0 Å². The van der Waals surface area contributed by atoms with E-state index in [4.69, 9.17) is 4.74 Å². The minimum atomic E-state index is 0.178. The summed E-state index contributed by atoms with van der Waals surface area (Å²) in [5, 5.41) is 3.66. The molecule has 16 heavy (non-hydrogen) atoms. The molecule has 1 aliphatic heterocycles. The topological polar surface area (TPSA) is 21.3 Å². The second-order valence-corrected chi connectivity index (χ2v) is 5.53. The summed E-state index contributed by atoms with van der Waals surface area (Å²) in [4.78, 5) is 0. The maximum absolute atomic E-state index is 6.22. The fourth-order valence-corrected chi connectivity index (χ4v) is 3.60. The molecule has 2 heteroatoms. The Balaban J connectivity index is 2.04. The Bertz CT molecular complexity index is 219. The first-order valence-electron chi connectivity index (χ1n) is 7.18. The highest BCUT2D eigenvalue weighted by Crippen LogP contribution is 2.38. The zero-order valence-corrected chi connectivity index (χ0v) is 10.9. The number of rotatable bonds is 2. The molecule has 2 rings (SSSR count). The van der Waals surface area contributed by atoms with Gasteiger partial charge < -0.3 is 10.1 Å². The number of ether oxygens (including phenoxy) is 1. The summed E-state index contributed by atoms with van der Waals surface area (Å²) in [5.74, 6) is 0.947. The van der Waals surface area contributed by atoms with Gasteiger partial charge in [0.15, 0.2) is 0 Å². The lowest BCUT2D eigenvalue weighted by Crippen LogP contribution is -2.57. The summed E-state index contributed by atoms with van der Waals surface area (Å²) in [7, 11) is 0. The standard InChI is InChI=1S/C14H27NO/c1-3-12-6-5-8-14(9-7-12)13(4-2)15-10-11-16-14/h12-13,15H,3-11H2,1-2H3. The maximum Gasteiger partial charge on any atom is 0.0835 e. The second kappa shape index (κ2) is 5.50. The SMILES string of the molecule is CCC1CCCC2(CC1)OCCNC2CC. The number of nitrogens with one attached hydrogen (secondary N) is 1. The summed E-state index contributed by atoms with van der Waals surface area (Å²) in [6, 6.07) is 0.594. The van der Waals surface area contributed by atoms with Crippen LogP contribution in [-0.4, -0.2) is 24.8 Å². The van der Waals surface area contributed by atoms with Gasteiger partial charge in [-0.05, 0) is 31.6 Å². The largest absolute Gasteiger partial charge is 0.372 e. The quantitative estimate of drug-likeness (QED) is 0.779. The van der Waals surface area contributed by atoms with Gasteiger partial charge in [0.1, 0.15) is 0 Å². The maximum atomic E-state index is 6.22. The third-order valence-electron chi connectivity index (χ3n) is 4.69. The molecule has 0 amide bonds. The van der Waals surface area contributed by atoms with Gasteiger partial charge in [-0.1, -0.05) is 33.1 Å². The number of hydrogen-bond acceptors (Lipinski definition) is 2. The molecular formula is C14H27NO. The fraction of sp³-hybridized carbons (Fsp3) is 1.00. The van der Waals surface area contributed by atoms with Gasteiger partial charge in [-0.15, -0.1) is 0 Å². The molecule has 2 fully saturated rings. The van der Waals surface area contributed by atoms with Gasteiger partial charge in [-0.25, -0.2) is 0 Å². The Morgan fingerprint density at radius 2 is 2.06 bits per heavy atom. The smallest absolute Gasteiger partial charge is 0.0835 e. The molecule has 0 aromatic heterocycles. The van der Waals surface area contributed by atoms with Crippen LogP contribution in [0.2, 0.25) is 0 Å². The Hall–Kier alpha value is -0.0800. The van der Waals surface area contributed by atoms with Crippen molar-refractivity contribution >= 4 is 0 Å². The first-order chi connectivity index (χ1) is 7.80. The molecule has 0 aromatic carbocycles. The fourth-order valence-electron chi connectivity index (χ4n) is 3.60. The molecular weight excluding hydrogens is 198 g/mol. The van der Waals surface area contributed by atoms with E-state index in [-0.39, 0.29) is 5.60 Å². The molecule has 3 atom stereocenters. The van der Waals surface area contributed by atoms with Gasteiger partial charge in [0.05, 0.1) is 12.2 Å². The van der Waals surface area contributed by atoms with Crippen molar-refractivity contribution in [3.8, 4) is 0 Å². The lowest BCUT2D eigenvalue weighted by Gasteiger charge is -2.44. The molecule has 1 aliphatic carbocycles. The molecule has 1 spiro atoms. The van der Waals surface area contributed by atoms with Crippen LogP contribution >= 0.6 is 0 Å². The van der Waals surface area contributed by atoms with Crippen molar-refractivity contribution in [1.82, 2.24) is 5.32 Å². The van der Waals surface area contributed by atoms with Crippen LogP contribution < -0.4 is 5.32 Å². The highest BCUT2D eigenvalue weighted by molar-refractivity contribution is 4.97. The Labute approximate surface area is 100 Å². The monoisotopic (exact) mass is 225 g/mol. The zero-order valence-electron chi connectivity index (χ0n) is 10.9. The van der Waals surface area contributed by atoms with E-state index in [9.17, 15) is 0 Å². The average Bonchev–Trinajstić information content (AvgIpc) is 2.53. The molecule has 2 aliphatic rings. The van der Waals surface area contributed by atoms with Crippen LogP contribution in [0.25, 0.3) is 0 Å². The number of hydrogen-bond donors (Lipinski definition) is 1. The van der Waals surface area contributed by atoms with Crippen molar-refractivity contribution in [2.45, 2.75) is 70.4 Å². The van der Waals surface area contributed by atoms with Gasteiger partial charge in [-0.2, -0.15) is 0 Å². The van der Waals surface area contributed by atoms with Crippen molar-refractivity contribution in [3.63, 3.8) is 0 Å². The Morgan fingerprint density at radius 1 is 1.19 bits per heavy atom. The Morgan fingerprint density at radius 3 is 2.81 bits per heavy atom. The summed E-state index contributed by atoms with van der Waals surface area (Å²) >= 11 is 0. The van der Waals surface area contributed by atoms with E-state index in [0.29, 0.717) is 6.04 Å². The van der Waals surface area contributed by atoms with Crippen molar-refractivity contribution in [2.24, 2.45) is 5.92 Å². The summed E-state index contributed by atoms with van der Waals surface area (Å²) in [6.45, 7) is 6.57. The van der Waals surface area contributed by atoms with E-state index in [2.05, 4.69) is 19.2 Å². The third-order valence-corrected chi connectivity index (χ3v) is 4.69. The molecule has 2 nitrogen and oxygen atoms in total. The lowest BCUT2D eigenvalue weighted by atomic mass is 9.83. The van der Waals surface area contributed by atoms with Gasteiger partial charge in [0, 0.05) is 12.6 Å². The Kier molecular flexibility index (Phi) is 4.26. The van der Waals surface area contributed by atoms with E-state index in [0.717, 1.165) is 19.1 Å². The zero-order chi connectivity index (χ0) is 11.4. The van der Waals surface area contributed by atoms with Crippen LogP contribution in [0.5, 0.6) is 0 Å². The van der Waals surface area contributed by atoms with Crippen molar-refractivity contribution in [3.05, 3.63) is 0 Å². The summed E-state index contributed by atoms with van der Waals surface area (Å²) in [5.41, 5.74) is 0.178. The van der Waals surface area contributed by atoms with Gasteiger partial charge in [-0.3, -0.25) is 0 Å². The van der Waals surface area contributed by atoms with Gasteiger partial charge in [0.2, 0.25) is 0 Å². The minimum absolute atomic E-state index is 0.178. The average molecular weight is 225 g/mol. The van der Waals surface area contributed by atoms with Crippen LogP contribution in [0.4, 0.5) is 0 Å². The second-order valence-electron chi connectivity index (χ2n) is 5.53.